The molecule has 0 unspecified atom stereocenters. The molecule has 1 aliphatic rings. The van der Waals surface area contributed by atoms with E-state index in [1.165, 1.54) is 12.3 Å². The summed E-state index contributed by atoms with van der Waals surface area (Å²) in [7, 11) is 0. The Bertz CT molecular complexity index is 1100. The van der Waals surface area contributed by atoms with E-state index in [1.54, 1.807) is 6.20 Å². The molecule has 0 saturated heterocycles. The number of nitrogens with zero attached hydrogens (tertiary/aromatic N) is 4. The van der Waals surface area contributed by atoms with Gasteiger partial charge in [0.1, 0.15) is 17.1 Å². The van der Waals surface area contributed by atoms with E-state index in [9.17, 15) is 4.39 Å². The molecule has 3 N–H and O–H groups in total. The minimum atomic E-state index is -0.376. The highest BCUT2D eigenvalue weighted by molar-refractivity contribution is 5.92. The highest BCUT2D eigenvalue weighted by atomic mass is 19.1. The van der Waals surface area contributed by atoms with Crippen LogP contribution in [0.4, 0.5) is 4.39 Å². The number of hydrogen-bond donors (Lipinski definition) is 2. The Labute approximate surface area is 149 Å². The molecule has 0 bridgehead atoms. The lowest BCUT2D eigenvalue weighted by Crippen LogP contribution is -2.29. The van der Waals surface area contributed by atoms with Gasteiger partial charge in [-0.2, -0.15) is 0 Å². The predicted octanol–water partition coefficient (Wildman–Crippen LogP) is 3.56. The standard InChI is InChI=1S/C19H19FN6/c20-12-6-15-16(10-24-17(15)23-9-12)18-22-8-11-4-5-26(19(11)25-18)14-3-1-2-13(21)7-14/h4-6,8-10,13-14H,1-3,7,21H2,(H,23,24)/t13-,14-/m1/s1. The number of aromatic nitrogens is 5. The summed E-state index contributed by atoms with van der Waals surface area (Å²) < 4.78 is 15.8. The molecule has 5 rings (SSSR count). The van der Waals surface area contributed by atoms with Crippen LogP contribution < -0.4 is 5.73 Å². The number of pyridine rings is 1. The van der Waals surface area contributed by atoms with E-state index in [1.807, 2.05) is 12.3 Å². The van der Waals surface area contributed by atoms with Gasteiger partial charge in [-0.25, -0.2) is 19.3 Å². The maximum Gasteiger partial charge on any atom is 0.163 e. The first-order valence-electron chi connectivity index (χ1n) is 8.91. The van der Waals surface area contributed by atoms with Gasteiger partial charge in [-0.3, -0.25) is 0 Å². The molecule has 6 nitrogen and oxygen atoms in total. The van der Waals surface area contributed by atoms with Gasteiger partial charge in [-0.1, -0.05) is 0 Å². The van der Waals surface area contributed by atoms with Crippen molar-refractivity contribution >= 4 is 22.1 Å². The summed E-state index contributed by atoms with van der Waals surface area (Å²) in [6, 6.07) is 4.10. The highest BCUT2D eigenvalue weighted by Gasteiger charge is 2.22. The van der Waals surface area contributed by atoms with Crippen LogP contribution in [-0.4, -0.2) is 30.5 Å². The van der Waals surface area contributed by atoms with Crippen molar-refractivity contribution < 1.29 is 4.39 Å². The van der Waals surface area contributed by atoms with Gasteiger partial charge >= 0.3 is 0 Å². The molecule has 0 spiro atoms. The average Bonchev–Trinajstić information content (AvgIpc) is 3.24. The minimum absolute atomic E-state index is 0.246. The number of aromatic amines is 1. The van der Waals surface area contributed by atoms with Crippen molar-refractivity contribution in [2.24, 2.45) is 5.73 Å². The van der Waals surface area contributed by atoms with Crippen LogP contribution in [-0.2, 0) is 0 Å². The number of H-pyrrole nitrogens is 1. The molecule has 4 aromatic rings. The molecule has 1 saturated carbocycles. The summed E-state index contributed by atoms with van der Waals surface area (Å²) in [4.78, 5) is 16.4. The summed E-state index contributed by atoms with van der Waals surface area (Å²) >= 11 is 0. The SMILES string of the molecule is N[C@@H]1CCC[C@@H](n2ccc3cnc(-c4c[nH]c5ncc(F)cc45)nc32)C1. The van der Waals surface area contributed by atoms with E-state index in [-0.39, 0.29) is 11.9 Å². The molecule has 0 aromatic carbocycles. The fourth-order valence-electron chi connectivity index (χ4n) is 3.98. The second kappa shape index (κ2) is 5.88. The van der Waals surface area contributed by atoms with Crippen molar-refractivity contribution in [3.63, 3.8) is 0 Å². The van der Waals surface area contributed by atoms with Crippen LogP contribution >= 0.6 is 0 Å². The van der Waals surface area contributed by atoms with E-state index >= 15 is 0 Å². The molecule has 0 amide bonds. The Hall–Kier alpha value is -2.80. The third-order valence-corrected chi connectivity index (χ3v) is 5.27. The number of fused-ring (bicyclic) bond motifs is 2. The van der Waals surface area contributed by atoms with Crippen molar-refractivity contribution in [2.45, 2.75) is 37.8 Å². The van der Waals surface area contributed by atoms with Crippen molar-refractivity contribution in [3.05, 3.63) is 42.7 Å². The highest BCUT2D eigenvalue weighted by Crippen LogP contribution is 2.32. The predicted molar refractivity (Wildman–Crippen MR) is 98.1 cm³/mol. The molecular formula is C19H19FN6. The molecule has 4 heterocycles. The number of nitrogens with one attached hydrogen (secondary N) is 1. The molecule has 132 valence electrons. The normalized spacial score (nSPS) is 20.8. The topological polar surface area (TPSA) is 85.4 Å². The monoisotopic (exact) mass is 350 g/mol. The number of rotatable bonds is 2. The van der Waals surface area contributed by atoms with Crippen LogP contribution in [0.25, 0.3) is 33.5 Å². The molecule has 0 aliphatic heterocycles. The van der Waals surface area contributed by atoms with Crippen molar-refractivity contribution in [3.8, 4) is 11.4 Å². The van der Waals surface area contributed by atoms with Crippen LogP contribution in [0.15, 0.2) is 36.9 Å². The molecule has 2 atom stereocenters. The maximum atomic E-state index is 13.6. The quantitative estimate of drug-likeness (QED) is 0.579. The van der Waals surface area contributed by atoms with Gasteiger partial charge in [0.2, 0.25) is 0 Å². The number of halogens is 1. The summed E-state index contributed by atoms with van der Waals surface area (Å²) in [5.41, 5.74) is 8.44. The number of nitrogens with two attached hydrogens (primary N) is 1. The lowest BCUT2D eigenvalue weighted by molar-refractivity contribution is 0.325. The zero-order valence-electron chi connectivity index (χ0n) is 14.2. The second-order valence-electron chi connectivity index (χ2n) is 7.03. The molecule has 4 aromatic heterocycles. The Morgan fingerprint density at radius 2 is 2.15 bits per heavy atom. The van der Waals surface area contributed by atoms with Gasteiger partial charge in [-0.15, -0.1) is 0 Å². The first-order valence-corrected chi connectivity index (χ1v) is 8.91. The van der Waals surface area contributed by atoms with Gasteiger partial charge in [-0.05, 0) is 37.8 Å². The van der Waals surface area contributed by atoms with E-state index in [4.69, 9.17) is 10.7 Å². The van der Waals surface area contributed by atoms with E-state index in [2.05, 4.69) is 25.7 Å². The maximum absolute atomic E-state index is 13.6. The lowest BCUT2D eigenvalue weighted by Gasteiger charge is -2.28. The molecule has 1 aliphatic carbocycles. The van der Waals surface area contributed by atoms with Crippen molar-refractivity contribution in [1.82, 2.24) is 24.5 Å². The van der Waals surface area contributed by atoms with Gasteiger partial charge in [0.05, 0.1) is 6.20 Å². The van der Waals surface area contributed by atoms with Gasteiger partial charge in [0, 0.05) is 47.0 Å². The van der Waals surface area contributed by atoms with Crippen molar-refractivity contribution in [1.29, 1.82) is 0 Å². The molecule has 0 radical (unpaired) electrons. The first-order chi connectivity index (χ1) is 12.7. The summed E-state index contributed by atoms with van der Waals surface area (Å²) in [6.07, 6.45) is 11.2. The van der Waals surface area contributed by atoms with Crippen LogP contribution in [0.1, 0.15) is 31.7 Å². The lowest BCUT2D eigenvalue weighted by atomic mass is 9.91. The van der Waals surface area contributed by atoms with Crippen LogP contribution in [0.5, 0.6) is 0 Å². The Morgan fingerprint density at radius 3 is 3.04 bits per heavy atom. The minimum Gasteiger partial charge on any atom is -0.345 e. The fourth-order valence-corrected chi connectivity index (χ4v) is 3.98. The summed E-state index contributed by atoms with van der Waals surface area (Å²) in [5, 5.41) is 1.68. The zero-order chi connectivity index (χ0) is 17.7. The second-order valence-corrected chi connectivity index (χ2v) is 7.03. The third-order valence-electron chi connectivity index (χ3n) is 5.27. The van der Waals surface area contributed by atoms with Gasteiger partial charge in [0.15, 0.2) is 5.82 Å². The van der Waals surface area contributed by atoms with Crippen LogP contribution in [0, 0.1) is 5.82 Å². The molecule has 1 fully saturated rings. The largest absolute Gasteiger partial charge is 0.345 e. The first kappa shape index (κ1) is 15.5. The third kappa shape index (κ3) is 2.47. The Balaban J connectivity index is 1.63. The zero-order valence-corrected chi connectivity index (χ0v) is 14.2. The Morgan fingerprint density at radius 1 is 1.23 bits per heavy atom. The molecule has 26 heavy (non-hydrogen) atoms. The average molecular weight is 350 g/mol. The van der Waals surface area contributed by atoms with E-state index in [0.717, 1.165) is 42.3 Å². The van der Waals surface area contributed by atoms with Gasteiger partial charge in [0.25, 0.3) is 0 Å². The van der Waals surface area contributed by atoms with Crippen LogP contribution in [0.3, 0.4) is 0 Å². The molecular weight excluding hydrogens is 331 g/mol. The Kier molecular flexibility index (Phi) is 3.49. The summed E-state index contributed by atoms with van der Waals surface area (Å²) in [5.74, 6) is 0.190. The fraction of sp³-hybridized carbons (Fsp3) is 0.316. The van der Waals surface area contributed by atoms with Crippen LogP contribution in [0.2, 0.25) is 0 Å². The summed E-state index contributed by atoms with van der Waals surface area (Å²) in [6.45, 7) is 0. The van der Waals surface area contributed by atoms with E-state index < -0.39 is 0 Å². The van der Waals surface area contributed by atoms with Gasteiger partial charge < -0.3 is 15.3 Å². The molecule has 7 heteroatoms. The smallest absolute Gasteiger partial charge is 0.163 e. The van der Waals surface area contributed by atoms with E-state index in [0.29, 0.717) is 22.9 Å². The van der Waals surface area contributed by atoms with Crippen molar-refractivity contribution in [2.75, 3.05) is 0 Å². The number of hydrogen-bond acceptors (Lipinski definition) is 4.